The molecule has 0 saturated heterocycles. The molecule has 6 nitrogen and oxygen atoms in total. The Hall–Kier alpha value is -3.25. The van der Waals surface area contributed by atoms with Gasteiger partial charge < -0.3 is 0 Å². The maximum atomic E-state index is 13.5. The van der Waals surface area contributed by atoms with E-state index >= 15 is 0 Å². The number of para-hydroxylation sites is 3. The molecular weight excluding hydrogens is 422 g/mol. The Bertz CT molecular complexity index is 1490. The molecule has 5 aromatic rings. The van der Waals surface area contributed by atoms with Crippen LogP contribution in [0.4, 0.5) is 0 Å². The van der Waals surface area contributed by atoms with E-state index < -0.39 is 0 Å². The van der Waals surface area contributed by atoms with Crippen molar-refractivity contribution in [1.29, 1.82) is 0 Å². The third kappa shape index (κ3) is 3.54. The lowest BCUT2D eigenvalue weighted by Gasteiger charge is -2.09. The lowest BCUT2D eigenvalue weighted by molar-refractivity contribution is 0.556. The number of hydrogen-bond acceptors (Lipinski definition) is 4. The normalized spacial score (nSPS) is 11.7. The second kappa shape index (κ2) is 8.71. The third-order valence-electron chi connectivity index (χ3n) is 5.83. The predicted octanol–water partition coefficient (Wildman–Crippen LogP) is 5.91. The number of rotatable bonds is 7. The van der Waals surface area contributed by atoms with Crippen LogP contribution in [0.5, 0.6) is 0 Å². The first-order valence-corrected chi connectivity index (χ1v) is 11.5. The number of benzene rings is 2. The van der Waals surface area contributed by atoms with Crippen molar-refractivity contribution in [2.75, 3.05) is 0 Å². The number of hydrogen-bond donors (Lipinski definition) is 0. The Balaban J connectivity index is 1.75. The van der Waals surface area contributed by atoms with Gasteiger partial charge in [0.05, 0.1) is 28.1 Å². The topological polar surface area (TPSA) is 65.6 Å². The Kier molecular flexibility index (Phi) is 5.62. The monoisotopic (exact) mass is 445 g/mol. The van der Waals surface area contributed by atoms with Crippen LogP contribution in [0, 0.1) is 0 Å². The van der Waals surface area contributed by atoms with Crippen LogP contribution in [0.3, 0.4) is 0 Å². The highest BCUT2D eigenvalue weighted by Gasteiger charge is 2.21. The molecule has 0 fully saturated rings. The summed E-state index contributed by atoms with van der Waals surface area (Å²) in [6, 6.07) is 15.2. The SMILES string of the molecule is CCCCCCCn1cnc2c(c1=O)c1nc3ccccc3nc1n2-c1ccccc1Cl. The summed E-state index contributed by atoms with van der Waals surface area (Å²) >= 11 is 6.54. The molecule has 32 heavy (non-hydrogen) atoms. The van der Waals surface area contributed by atoms with Gasteiger partial charge in [0.15, 0.2) is 11.3 Å². The quantitative estimate of drug-likeness (QED) is 0.292. The number of nitrogens with zero attached hydrogens (tertiary/aromatic N) is 5. The molecule has 162 valence electrons. The zero-order valence-electron chi connectivity index (χ0n) is 18.0. The second-order valence-corrected chi connectivity index (χ2v) is 8.43. The van der Waals surface area contributed by atoms with Crippen LogP contribution >= 0.6 is 11.6 Å². The molecule has 0 amide bonds. The predicted molar refractivity (Wildman–Crippen MR) is 130 cm³/mol. The van der Waals surface area contributed by atoms with E-state index in [4.69, 9.17) is 21.6 Å². The van der Waals surface area contributed by atoms with Crippen molar-refractivity contribution in [2.45, 2.75) is 45.6 Å². The molecule has 0 spiro atoms. The third-order valence-corrected chi connectivity index (χ3v) is 6.15. The Morgan fingerprint density at radius 3 is 2.38 bits per heavy atom. The zero-order valence-corrected chi connectivity index (χ0v) is 18.7. The van der Waals surface area contributed by atoms with E-state index in [1.807, 2.05) is 53.1 Å². The minimum atomic E-state index is -0.0918. The Morgan fingerprint density at radius 1 is 0.875 bits per heavy atom. The molecule has 3 aromatic heterocycles. The first kappa shape index (κ1) is 20.6. The van der Waals surface area contributed by atoms with E-state index in [0.29, 0.717) is 33.8 Å². The number of fused-ring (bicyclic) bond motifs is 4. The molecule has 5 rings (SSSR count). The standard InChI is InChI=1S/C25H24ClN5O/c1-2-3-4-5-10-15-30-16-27-23-21(25(30)32)22-24(29-19-13-8-7-12-18(19)28-22)31(23)20-14-9-6-11-17(20)26/h6-9,11-14,16H,2-5,10,15H2,1H3. The van der Waals surface area contributed by atoms with Gasteiger partial charge in [0.1, 0.15) is 10.9 Å². The lowest BCUT2D eigenvalue weighted by atomic mass is 10.1. The molecule has 2 aromatic carbocycles. The largest absolute Gasteiger partial charge is 0.299 e. The summed E-state index contributed by atoms with van der Waals surface area (Å²) in [5.74, 6) is 0. The minimum Gasteiger partial charge on any atom is -0.299 e. The molecule has 0 unspecified atom stereocenters. The highest BCUT2D eigenvalue weighted by molar-refractivity contribution is 6.32. The van der Waals surface area contributed by atoms with Crippen LogP contribution in [0.15, 0.2) is 59.7 Å². The van der Waals surface area contributed by atoms with E-state index in [9.17, 15) is 4.79 Å². The fourth-order valence-electron chi connectivity index (χ4n) is 4.18. The molecule has 3 heterocycles. The number of unbranched alkanes of at least 4 members (excludes halogenated alkanes) is 4. The minimum absolute atomic E-state index is 0.0918. The van der Waals surface area contributed by atoms with Crippen molar-refractivity contribution < 1.29 is 0 Å². The molecule has 0 radical (unpaired) electrons. The van der Waals surface area contributed by atoms with Crippen molar-refractivity contribution >= 4 is 44.8 Å². The number of aryl methyl sites for hydroxylation is 1. The summed E-state index contributed by atoms with van der Waals surface area (Å²) in [4.78, 5) is 27.9. The van der Waals surface area contributed by atoms with Crippen molar-refractivity contribution in [3.05, 3.63) is 70.2 Å². The van der Waals surface area contributed by atoms with Crippen LogP contribution in [0.1, 0.15) is 39.0 Å². The van der Waals surface area contributed by atoms with Crippen molar-refractivity contribution in [2.24, 2.45) is 0 Å². The molecule has 0 aliphatic heterocycles. The molecule has 0 aliphatic carbocycles. The maximum Gasteiger partial charge on any atom is 0.265 e. The zero-order chi connectivity index (χ0) is 22.1. The van der Waals surface area contributed by atoms with Crippen LogP contribution < -0.4 is 5.56 Å². The van der Waals surface area contributed by atoms with Gasteiger partial charge in [-0.25, -0.2) is 15.0 Å². The van der Waals surface area contributed by atoms with Gasteiger partial charge in [0.2, 0.25) is 0 Å². The molecule has 0 N–H and O–H groups in total. The first-order valence-electron chi connectivity index (χ1n) is 11.1. The van der Waals surface area contributed by atoms with Crippen LogP contribution in [-0.2, 0) is 6.54 Å². The van der Waals surface area contributed by atoms with Gasteiger partial charge in [-0.05, 0) is 30.7 Å². The molecule has 0 saturated carbocycles. The van der Waals surface area contributed by atoms with Gasteiger partial charge in [-0.3, -0.25) is 13.9 Å². The van der Waals surface area contributed by atoms with Gasteiger partial charge in [-0.15, -0.1) is 0 Å². The summed E-state index contributed by atoms with van der Waals surface area (Å²) in [6.07, 6.45) is 7.29. The van der Waals surface area contributed by atoms with E-state index in [2.05, 4.69) is 11.9 Å². The molecule has 0 atom stereocenters. The van der Waals surface area contributed by atoms with Crippen LogP contribution in [0.2, 0.25) is 5.02 Å². The van der Waals surface area contributed by atoms with Crippen LogP contribution in [0.25, 0.3) is 38.9 Å². The molecular formula is C25H24ClN5O. The fraction of sp³-hybridized carbons (Fsp3) is 0.280. The van der Waals surface area contributed by atoms with Crippen molar-refractivity contribution in [3.8, 4) is 5.69 Å². The van der Waals surface area contributed by atoms with E-state index in [-0.39, 0.29) is 5.56 Å². The maximum absolute atomic E-state index is 13.5. The van der Waals surface area contributed by atoms with Crippen LogP contribution in [-0.4, -0.2) is 24.1 Å². The van der Waals surface area contributed by atoms with Gasteiger partial charge in [-0.1, -0.05) is 68.5 Å². The number of aromatic nitrogens is 5. The molecule has 0 aliphatic rings. The summed E-state index contributed by atoms with van der Waals surface area (Å²) < 4.78 is 3.54. The van der Waals surface area contributed by atoms with Gasteiger partial charge in [0.25, 0.3) is 5.56 Å². The van der Waals surface area contributed by atoms with Crippen molar-refractivity contribution in [3.63, 3.8) is 0 Å². The lowest BCUT2D eigenvalue weighted by Crippen LogP contribution is -2.20. The van der Waals surface area contributed by atoms with E-state index in [0.717, 1.165) is 29.6 Å². The average Bonchev–Trinajstić information content (AvgIpc) is 3.13. The molecule has 7 heteroatoms. The summed E-state index contributed by atoms with van der Waals surface area (Å²) in [5, 5.41) is 1.04. The fourth-order valence-corrected chi connectivity index (χ4v) is 4.40. The average molecular weight is 446 g/mol. The van der Waals surface area contributed by atoms with E-state index in [1.165, 1.54) is 19.3 Å². The highest BCUT2D eigenvalue weighted by atomic mass is 35.5. The summed E-state index contributed by atoms with van der Waals surface area (Å²) in [7, 11) is 0. The first-order chi connectivity index (χ1) is 15.7. The summed E-state index contributed by atoms with van der Waals surface area (Å²) in [6.45, 7) is 2.84. The van der Waals surface area contributed by atoms with E-state index in [1.54, 1.807) is 10.9 Å². The number of halogens is 1. The Labute approximate surface area is 190 Å². The second-order valence-electron chi connectivity index (χ2n) is 8.03. The smallest absolute Gasteiger partial charge is 0.265 e. The van der Waals surface area contributed by atoms with Crippen molar-refractivity contribution in [1.82, 2.24) is 24.1 Å². The molecule has 0 bridgehead atoms. The van der Waals surface area contributed by atoms with Gasteiger partial charge >= 0.3 is 0 Å². The van der Waals surface area contributed by atoms with Gasteiger partial charge in [-0.2, -0.15) is 0 Å². The summed E-state index contributed by atoms with van der Waals surface area (Å²) in [5.41, 5.74) is 3.79. The Morgan fingerprint density at radius 2 is 1.59 bits per heavy atom. The van der Waals surface area contributed by atoms with Gasteiger partial charge in [0, 0.05) is 6.54 Å². The highest BCUT2D eigenvalue weighted by Crippen LogP contribution is 2.31.